The van der Waals surface area contributed by atoms with Crippen LogP contribution in [0.1, 0.15) is 17.0 Å². The largest absolute Gasteiger partial charge is 0.493 e. The van der Waals surface area contributed by atoms with Crippen molar-refractivity contribution in [2.45, 2.75) is 5.92 Å². The summed E-state index contributed by atoms with van der Waals surface area (Å²) in [5.74, 6) is 1.27. The number of methoxy groups -OCH3 is 1. The molecule has 0 aliphatic carbocycles. The van der Waals surface area contributed by atoms with E-state index in [4.69, 9.17) is 21.1 Å². The van der Waals surface area contributed by atoms with Gasteiger partial charge in [0.05, 0.1) is 13.0 Å². The lowest BCUT2D eigenvalue weighted by molar-refractivity contribution is -0.112. The Bertz CT molecular complexity index is 652. The Morgan fingerprint density at radius 1 is 1.16 bits per heavy atom. The Morgan fingerprint density at radius 3 is 2.63 bits per heavy atom. The van der Waals surface area contributed by atoms with Crippen LogP contribution >= 0.6 is 11.6 Å². The number of carbonyl (C=O) groups is 1. The van der Waals surface area contributed by atoms with Crippen molar-refractivity contribution < 1.29 is 14.3 Å². The highest BCUT2D eigenvalue weighted by Gasteiger charge is 2.33. The number of hydrogen-bond donors (Lipinski definition) is 0. The lowest BCUT2D eigenvalue weighted by Crippen LogP contribution is -2.15. The van der Waals surface area contributed by atoms with Crippen molar-refractivity contribution in [3.63, 3.8) is 0 Å². The molecule has 0 saturated carbocycles. The van der Waals surface area contributed by atoms with E-state index in [1.807, 2.05) is 36.4 Å². The van der Waals surface area contributed by atoms with E-state index in [-0.39, 0.29) is 0 Å². The van der Waals surface area contributed by atoms with E-state index >= 15 is 0 Å². The van der Waals surface area contributed by atoms with Crippen molar-refractivity contribution in [2.24, 2.45) is 0 Å². The number of carbonyl (C=O) groups excluding carboxylic acids is 1. The predicted molar refractivity (Wildman–Crippen MR) is 72.2 cm³/mol. The number of benzene rings is 2. The third-order valence-corrected chi connectivity index (χ3v) is 3.43. The van der Waals surface area contributed by atoms with Gasteiger partial charge in [-0.15, -0.1) is 0 Å². The number of hydrogen-bond acceptors (Lipinski definition) is 3. The van der Waals surface area contributed by atoms with E-state index in [1.54, 1.807) is 13.2 Å². The molecule has 1 atom stereocenters. The summed E-state index contributed by atoms with van der Waals surface area (Å²) >= 11 is 5.77. The van der Waals surface area contributed by atoms with E-state index < -0.39 is 11.2 Å². The summed E-state index contributed by atoms with van der Waals surface area (Å²) in [6, 6.07) is 12.8. The second-order valence-electron chi connectivity index (χ2n) is 4.26. The molecule has 0 spiro atoms. The maximum atomic E-state index is 11.8. The van der Waals surface area contributed by atoms with Gasteiger partial charge in [0.15, 0.2) is 11.5 Å². The van der Waals surface area contributed by atoms with Crippen molar-refractivity contribution in [1.29, 1.82) is 0 Å². The van der Waals surface area contributed by atoms with E-state index in [0.717, 1.165) is 11.1 Å². The van der Waals surface area contributed by atoms with Crippen LogP contribution in [0.15, 0.2) is 42.5 Å². The molecule has 1 aliphatic heterocycles. The third kappa shape index (κ3) is 1.87. The summed E-state index contributed by atoms with van der Waals surface area (Å²) in [5.41, 5.74) is 1.52. The van der Waals surface area contributed by atoms with Gasteiger partial charge in [0.1, 0.15) is 5.75 Å². The number of fused-ring (bicyclic) bond motifs is 2. The second-order valence-corrected chi connectivity index (χ2v) is 4.63. The lowest BCUT2D eigenvalue weighted by atomic mass is 9.89. The molecular weight excluding hydrogens is 264 g/mol. The van der Waals surface area contributed by atoms with Crippen LogP contribution < -0.4 is 9.47 Å². The molecule has 2 aromatic carbocycles. The maximum Gasteiger partial charge on any atom is 0.233 e. The van der Waals surface area contributed by atoms with Crippen LogP contribution in [-0.2, 0) is 4.79 Å². The van der Waals surface area contributed by atoms with Gasteiger partial charge in [0.2, 0.25) is 5.24 Å². The summed E-state index contributed by atoms with van der Waals surface area (Å²) in [7, 11) is 1.57. The van der Waals surface area contributed by atoms with Crippen LogP contribution in [0.5, 0.6) is 17.2 Å². The molecule has 1 aliphatic rings. The molecule has 0 amide bonds. The Hall–Kier alpha value is -2.00. The molecule has 0 N–H and O–H groups in total. The number of para-hydroxylation sites is 2. The lowest BCUT2D eigenvalue weighted by Gasteiger charge is -2.26. The van der Waals surface area contributed by atoms with Gasteiger partial charge in [-0.25, -0.2) is 0 Å². The normalized spacial score (nSPS) is 16.0. The zero-order valence-corrected chi connectivity index (χ0v) is 11.0. The molecule has 96 valence electrons. The van der Waals surface area contributed by atoms with E-state index in [1.165, 1.54) is 0 Å². The van der Waals surface area contributed by atoms with Crippen molar-refractivity contribution in [2.75, 3.05) is 7.11 Å². The second kappa shape index (κ2) is 4.59. The van der Waals surface area contributed by atoms with E-state index in [2.05, 4.69) is 0 Å². The maximum absolute atomic E-state index is 11.8. The molecule has 0 radical (unpaired) electrons. The molecule has 3 nitrogen and oxygen atoms in total. The fraction of sp³-hybridized carbons (Fsp3) is 0.133. The molecule has 1 heterocycles. The van der Waals surface area contributed by atoms with Crippen molar-refractivity contribution >= 4 is 16.8 Å². The molecule has 3 rings (SSSR count). The number of rotatable bonds is 2. The summed E-state index contributed by atoms with van der Waals surface area (Å²) in [6.07, 6.45) is 0. The average Bonchev–Trinajstić information content (AvgIpc) is 2.43. The van der Waals surface area contributed by atoms with E-state index in [0.29, 0.717) is 17.2 Å². The zero-order valence-electron chi connectivity index (χ0n) is 10.2. The fourth-order valence-electron chi connectivity index (χ4n) is 2.36. The van der Waals surface area contributed by atoms with Crippen LogP contribution in [-0.4, -0.2) is 12.4 Å². The minimum absolute atomic E-state index is 0.426. The Morgan fingerprint density at radius 2 is 1.89 bits per heavy atom. The molecule has 4 heteroatoms. The van der Waals surface area contributed by atoms with Crippen LogP contribution in [0, 0.1) is 0 Å². The monoisotopic (exact) mass is 274 g/mol. The van der Waals surface area contributed by atoms with Crippen LogP contribution in [0.4, 0.5) is 0 Å². The minimum atomic E-state index is -0.517. The van der Waals surface area contributed by atoms with Crippen LogP contribution in [0.25, 0.3) is 0 Å². The molecule has 0 fully saturated rings. The highest BCUT2D eigenvalue weighted by molar-refractivity contribution is 6.65. The van der Waals surface area contributed by atoms with Gasteiger partial charge in [0.25, 0.3) is 0 Å². The average molecular weight is 275 g/mol. The van der Waals surface area contributed by atoms with Crippen molar-refractivity contribution in [3.8, 4) is 17.2 Å². The molecular formula is C15H11ClO3. The Kier molecular flexibility index (Phi) is 2.91. The molecule has 2 aromatic rings. The number of halogens is 1. The van der Waals surface area contributed by atoms with Gasteiger partial charge in [-0.05, 0) is 23.7 Å². The summed E-state index contributed by atoms with van der Waals surface area (Å²) in [6.45, 7) is 0. The quantitative estimate of drug-likeness (QED) is 0.784. The molecule has 0 saturated heterocycles. The molecule has 0 unspecified atom stereocenters. The third-order valence-electron chi connectivity index (χ3n) is 3.21. The van der Waals surface area contributed by atoms with Crippen LogP contribution in [0.3, 0.4) is 0 Å². The van der Waals surface area contributed by atoms with Gasteiger partial charge in [-0.2, -0.15) is 0 Å². The van der Waals surface area contributed by atoms with Gasteiger partial charge in [-0.1, -0.05) is 30.3 Å². The fourth-order valence-corrected chi connectivity index (χ4v) is 2.60. The smallest absolute Gasteiger partial charge is 0.233 e. The first-order chi connectivity index (χ1) is 9.22. The number of ether oxygens (including phenoxy) is 2. The van der Waals surface area contributed by atoms with E-state index in [9.17, 15) is 4.79 Å². The Balaban J connectivity index is 2.25. The highest BCUT2D eigenvalue weighted by atomic mass is 35.5. The predicted octanol–water partition coefficient (Wildman–Crippen LogP) is 3.70. The van der Waals surface area contributed by atoms with Crippen molar-refractivity contribution in [3.05, 3.63) is 53.6 Å². The minimum Gasteiger partial charge on any atom is -0.493 e. The molecule has 0 aromatic heterocycles. The van der Waals surface area contributed by atoms with Crippen LogP contribution in [0.2, 0.25) is 0 Å². The summed E-state index contributed by atoms with van der Waals surface area (Å²) < 4.78 is 11.1. The first-order valence-corrected chi connectivity index (χ1v) is 6.23. The van der Waals surface area contributed by atoms with Gasteiger partial charge < -0.3 is 9.47 Å². The summed E-state index contributed by atoms with van der Waals surface area (Å²) in [4.78, 5) is 11.8. The SMILES string of the molecule is COc1cccc2c1Oc1ccccc1[C@@H]2C(=O)Cl. The zero-order chi connectivity index (χ0) is 13.4. The van der Waals surface area contributed by atoms with Gasteiger partial charge in [-0.3, -0.25) is 4.79 Å². The molecule has 19 heavy (non-hydrogen) atoms. The first kappa shape index (κ1) is 12.1. The standard InChI is InChI=1S/C15H11ClO3/c1-18-12-8-4-6-10-13(15(16)17)9-5-2-3-7-11(9)19-14(10)12/h2-8,13H,1H3/t13-/m0/s1. The van der Waals surface area contributed by atoms with Crippen molar-refractivity contribution in [1.82, 2.24) is 0 Å². The van der Waals surface area contributed by atoms with Gasteiger partial charge in [0, 0.05) is 11.1 Å². The first-order valence-electron chi connectivity index (χ1n) is 5.85. The molecule has 0 bridgehead atoms. The highest BCUT2D eigenvalue weighted by Crippen LogP contribution is 2.48. The topological polar surface area (TPSA) is 35.5 Å². The summed E-state index contributed by atoms with van der Waals surface area (Å²) in [5, 5.41) is -0.426. The Labute approximate surface area is 115 Å². The van der Waals surface area contributed by atoms with Gasteiger partial charge >= 0.3 is 0 Å².